The third kappa shape index (κ3) is 10.5. The van der Waals surface area contributed by atoms with Crippen molar-refractivity contribution in [3.8, 4) is 0 Å². The fraction of sp³-hybridized carbons (Fsp3) is 0.452. The molecule has 2 aromatic heterocycles. The molecule has 0 saturated heterocycles. The van der Waals surface area contributed by atoms with Crippen LogP contribution in [-0.2, 0) is 47.4 Å². The quantitative estimate of drug-likeness (QED) is 0.0884. The van der Waals surface area contributed by atoms with Gasteiger partial charge in [-0.15, -0.1) is 11.3 Å². The molecule has 10 nitrogen and oxygen atoms in total. The molecule has 2 aromatic carbocycles. The fourth-order valence-electron chi connectivity index (χ4n) is 6.95. The summed E-state index contributed by atoms with van der Waals surface area (Å²) in [7, 11) is 3.56. The Morgan fingerprint density at radius 3 is 2.42 bits per heavy atom. The van der Waals surface area contributed by atoms with Gasteiger partial charge in [0.1, 0.15) is 11.6 Å². The van der Waals surface area contributed by atoms with E-state index in [4.69, 9.17) is 4.74 Å². The van der Waals surface area contributed by atoms with Crippen molar-refractivity contribution in [3.63, 3.8) is 0 Å². The lowest BCUT2D eigenvalue weighted by molar-refractivity contribution is -0.147. The Hall–Kier alpha value is -4.61. The molecule has 0 unspecified atom stereocenters. The predicted molar refractivity (Wildman–Crippen MR) is 209 cm³/mol. The summed E-state index contributed by atoms with van der Waals surface area (Å²) in [6.45, 7) is 10.8. The van der Waals surface area contributed by atoms with Crippen molar-refractivity contribution in [2.24, 2.45) is 12.5 Å². The van der Waals surface area contributed by atoms with Crippen molar-refractivity contribution >= 4 is 39.9 Å². The normalized spacial score (nSPS) is 13.5. The molecule has 0 bridgehead atoms. The zero-order valence-electron chi connectivity index (χ0n) is 31.9. The minimum atomic E-state index is -0.392. The molecule has 0 radical (unpaired) electrons. The number of carbonyl (C=O) groups excluding carboxylic acids is 4. The van der Waals surface area contributed by atoms with Crippen LogP contribution in [0.1, 0.15) is 108 Å². The van der Waals surface area contributed by atoms with E-state index in [-0.39, 0.29) is 48.5 Å². The second-order valence-electron chi connectivity index (χ2n) is 14.8. The van der Waals surface area contributed by atoms with E-state index in [1.165, 1.54) is 11.3 Å². The maximum Gasteiger partial charge on any atom is 0.306 e. The van der Waals surface area contributed by atoms with Crippen LogP contribution in [-0.4, -0.2) is 69.3 Å². The third-order valence-corrected chi connectivity index (χ3v) is 11.3. The number of anilines is 1. The van der Waals surface area contributed by atoms with Gasteiger partial charge in [-0.05, 0) is 66.3 Å². The van der Waals surface area contributed by atoms with Crippen LogP contribution in [0.5, 0.6) is 0 Å². The number of carbonyl (C=O) groups is 4. The highest BCUT2D eigenvalue weighted by Crippen LogP contribution is 2.44. The summed E-state index contributed by atoms with van der Waals surface area (Å²) >= 11 is 1.51. The molecule has 2 amide bonds. The van der Waals surface area contributed by atoms with Crippen molar-refractivity contribution in [3.05, 3.63) is 105 Å². The van der Waals surface area contributed by atoms with E-state index in [1.54, 1.807) is 42.1 Å². The number of thiophene rings is 1. The van der Waals surface area contributed by atoms with Gasteiger partial charge in [0.2, 0.25) is 5.91 Å². The summed E-state index contributed by atoms with van der Waals surface area (Å²) < 4.78 is 6.96. The number of esters is 1. The highest BCUT2D eigenvalue weighted by Gasteiger charge is 2.33. The maximum atomic E-state index is 13.8. The highest BCUT2D eigenvalue weighted by molar-refractivity contribution is 7.17. The van der Waals surface area contributed by atoms with Gasteiger partial charge in [0.05, 0.1) is 23.7 Å². The minimum absolute atomic E-state index is 0.0340. The first-order valence-electron chi connectivity index (χ1n) is 18.6. The van der Waals surface area contributed by atoms with Crippen molar-refractivity contribution in [1.29, 1.82) is 0 Å². The number of benzene rings is 2. The van der Waals surface area contributed by atoms with Gasteiger partial charge in [0.15, 0.2) is 5.78 Å². The number of hydrogen-bond donors (Lipinski definition) is 1. The minimum Gasteiger partial charge on any atom is -0.461 e. The maximum absolute atomic E-state index is 13.8. The molecule has 0 aliphatic heterocycles. The van der Waals surface area contributed by atoms with Crippen molar-refractivity contribution in [2.75, 3.05) is 25.5 Å². The number of ether oxygens (including phenoxy) is 1. The van der Waals surface area contributed by atoms with Gasteiger partial charge < -0.3 is 15.0 Å². The van der Waals surface area contributed by atoms with Crippen molar-refractivity contribution < 1.29 is 23.9 Å². The van der Waals surface area contributed by atoms with E-state index in [1.807, 2.05) is 48.5 Å². The molecule has 11 heteroatoms. The summed E-state index contributed by atoms with van der Waals surface area (Å²) in [5.41, 5.74) is 4.67. The molecule has 0 saturated carbocycles. The van der Waals surface area contributed by atoms with E-state index in [0.29, 0.717) is 41.3 Å². The largest absolute Gasteiger partial charge is 0.461 e. The van der Waals surface area contributed by atoms with Gasteiger partial charge >= 0.3 is 5.97 Å². The van der Waals surface area contributed by atoms with E-state index in [2.05, 4.69) is 43.0 Å². The van der Waals surface area contributed by atoms with Crippen LogP contribution in [0, 0.1) is 5.41 Å². The number of rotatable bonds is 17. The molecule has 282 valence electrons. The summed E-state index contributed by atoms with van der Waals surface area (Å²) in [4.78, 5) is 58.1. The van der Waals surface area contributed by atoms with E-state index < -0.39 is 5.97 Å². The number of amides is 2. The standard InChI is InChI=1S/C42H53N5O5S/c1-7-33(8-2)47(22-21-45(5)36(48)17-18-37(49)52-28-29-13-10-9-11-14-29)26-30-15-12-16-31(23-30)40(51)44-41-38(39(50)32-25-43-46(6)27-32)34-19-20-42(3,4)24-35(34)53-41/h9-16,23,25,27,33H,7-8,17-22,24,26,28H2,1-6H3,(H,44,51). The molecule has 2 heterocycles. The van der Waals surface area contributed by atoms with Crippen LogP contribution in [0.4, 0.5) is 5.00 Å². The number of ketones is 1. The molecular formula is C42H53N5O5S. The van der Waals surface area contributed by atoms with E-state index >= 15 is 0 Å². The molecule has 1 aliphatic carbocycles. The number of fused-ring (bicyclic) bond motifs is 1. The second kappa shape index (κ2) is 17.9. The number of nitrogens with zero attached hydrogens (tertiary/aromatic N) is 4. The monoisotopic (exact) mass is 739 g/mol. The van der Waals surface area contributed by atoms with E-state index in [0.717, 1.165) is 53.7 Å². The van der Waals surface area contributed by atoms with Crippen LogP contribution in [0.3, 0.4) is 0 Å². The fourth-order valence-corrected chi connectivity index (χ4v) is 8.44. The van der Waals surface area contributed by atoms with Gasteiger partial charge in [-0.3, -0.25) is 28.8 Å². The topological polar surface area (TPSA) is 114 Å². The third-order valence-electron chi connectivity index (χ3n) is 10.2. The first kappa shape index (κ1) is 39.6. The average molecular weight is 740 g/mol. The van der Waals surface area contributed by atoms with Crippen LogP contribution in [0.15, 0.2) is 67.0 Å². The van der Waals surface area contributed by atoms with Crippen LogP contribution in [0.2, 0.25) is 0 Å². The summed E-state index contributed by atoms with van der Waals surface area (Å²) in [5.74, 6) is -0.875. The SMILES string of the molecule is CCC(CC)N(CCN(C)C(=O)CCC(=O)OCc1ccccc1)Cc1cccc(C(=O)Nc2sc3c(c2C(=O)c2cnn(C)c2)CCC(C)(C)C3)c1. The number of hydrogen-bond acceptors (Lipinski definition) is 8. The van der Waals surface area contributed by atoms with Crippen molar-refractivity contribution in [2.45, 2.75) is 91.8 Å². The van der Waals surface area contributed by atoms with Gasteiger partial charge in [-0.2, -0.15) is 5.10 Å². The molecule has 4 aromatic rings. The van der Waals surface area contributed by atoms with Gasteiger partial charge in [-0.1, -0.05) is 70.2 Å². The molecule has 0 atom stereocenters. The zero-order valence-corrected chi connectivity index (χ0v) is 32.8. The van der Waals surface area contributed by atoms with Crippen molar-refractivity contribution in [1.82, 2.24) is 19.6 Å². The zero-order chi connectivity index (χ0) is 38.1. The molecule has 1 N–H and O–H groups in total. The van der Waals surface area contributed by atoms with E-state index in [9.17, 15) is 19.2 Å². The Kier molecular flexibility index (Phi) is 13.4. The van der Waals surface area contributed by atoms with Crippen LogP contribution >= 0.6 is 11.3 Å². The molecule has 53 heavy (non-hydrogen) atoms. The first-order valence-corrected chi connectivity index (χ1v) is 19.4. The lowest BCUT2D eigenvalue weighted by Crippen LogP contribution is -2.41. The predicted octanol–water partition coefficient (Wildman–Crippen LogP) is 7.45. The lowest BCUT2D eigenvalue weighted by Gasteiger charge is -2.32. The van der Waals surface area contributed by atoms with Gasteiger partial charge in [-0.25, -0.2) is 0 Å². The number of aromatic nitrogens is 2. The second-order valence-corrected chi connectivity index (χ2v) is 15.9. The van der Waals surface area contributed by atoms with Gasteiger partial charge in [0.25, 0.3) is 5.91 Å². The molecule has 1 aliphatic rings. The smallest absolute Gasteiger partial charge is 0.306 e. The average Bonchev–Trinajstić information content (AvgIpc) is 3.74. The van der Waals surface area contributed by atoms with Crippen LogP contribution in [0.25, 0.3) is 0 Å². The summed E-state index contributed by atoms with van der Waals surface area (Å²) in [6.07, 6.45) is 7.93. The molecule has 0 fully saturated rings. The lowest BCUT2D eigenvalue weighted by atomic mass is 9.76. The van der Waals surface area contributed by atoms with Gasteiger partial charge in [0, 0.05) is 62.8 Å². The molecular weight excluding hydrogens is 687 g/mol. The number of aryl methyl sites for hydroxylation is 1. The summed E-state index contributed by atoms with van der Waals surface area (Å²) in [6, 6.07) is 17.4. The summed E-state index contributed by atoms with van der Waals surface area (Å²) in [5, 5.41) is 7.93. The Bertz CT molecular complexity index is 1890. The van der Waals surface area contributed by atoms with Crippen LogP contribution < -0.4 is 5.32 Å². The number of likely N-dealkylation sites (N-methyl/N-ethyl adjacent to an activating group) is 1. The highest BCUT2D eigenvalue weighted by atomic mass is 32.1. The Morgan fingerprint density at radius 2 is 1.72 bits per heavy atom. The Balaban J connectivity index is 1.23. The number of nitrogens with one attached hydrogen (secondary N) is 1. The molecule has 5 rings (SSSR count). The Morgan fingerprint density at radius 1 is 0.981 bits per heavy atom. The first-order chi connectivity index (χ1) is 25.4. The Labute approximate surface area is 317 Å². The molecule has 0 spiro atoms.